The molecule has 4 heteroatoms. The minimum atomic E-state index is 0.694. The summed E-state index contributed by atoms with van der Waals surface area (Å²) in [6, 6.07) is 8.26. The van der Waals surface area contributed by atoms with Crippen molar-refractivity contribution in [1.82, 2.24) is 15.4 Å². The number of rotatable bonds is 10. The van der Waals surface area contributed by atoms with Crippen molar-refractivity contribution in [2.45, 2.75) is 39.0 Å². The van der Waals surface area contributed by atoms with Gasteiger partial charge in [0, 0.05) is 30.2 Å². The van der Waals surface area contributed by atoms with Crippen molar-refractivity contribution in [2.75, 3.05) is 13.1 Å². The number of fused-ring (bicyclic) bond motifs is 1. The molecule has 0 spiro atoms. The number of nitrogens with zero attached hydrogens (tertiary/aromatic N) is 1. The molecule has 114 valence electrons. The summed E-state index contributed by atoms with van der Waals surface area (Å²) in [7, 11) is 0. The number of hydrogen-bond acceptors (Lipinski definition) is 2. The molecule has 4 nitrogen and oxygen atoms in total. The standard InChI is InChI=1S/C17H25N3O/c1-2-3-4-7-11-19-20(14-21)12-10-15-13-18-17-9-6-5-8-16(15)17/h5-6,8-9,13-14,18-19H,2-4,7,10-12H2,1H3. The Kier molecular flexibility index (Phi) is 6.28. The number of carbonyl (C=O) groups is 1. The number of hydrogen-bond donors (Lipinski definition) is 2. The van der Waals surface area contributed by atoms with Gasteiger partial charge in [-0.1, -0.05) is 44.4 Å². The molecular formula is C17H25N3O. The maximum Gasteiger partial charge on any atom is 0.223 e. The molecule has 1 aromatic heterocycles. The first-order valence-electron chi connectivity index (χ1n) is 7.85. The Balaban J connectivity index is 1.78. The van der Waals surface area contributed by atoms with E-state index >= 15 is 0 Å². The zero-order valence-electron chi connectivity index (χ0n) is 12.8. The number of aromatic nitrogens is 1. The van der Waals surface area contributed by atoms with Crippen molar-refractivity contribution >= 4 is 17.3 Å². The van der Waals surface area contributed by atoms with Gasteiger partial charge in [0.15, 0.2) is 0 Å². The van der Waals surface area contributed by atoms with Crippen LogP contribution in [0.3, 0.4) is 0 Å². The molecule has 0 bridgehead atoms. The van der Waals surface area contributed by atoms with Gasteiger partial charge in [0.25, 0.3) is 0 Å². The fraction of sp³-hybridized carbons (Fsp3) is 0.471. The number of para-hydroxylation sites is 1. The third-order valence-electron chi connectivity index (χ3n) is 3.77. The van der Waals surface area contributed by atoms with E-state index in [4.69, 9.17) is 0 Å². The van der Waals surface area contributed by atoms with Gasteiger partial charge >= 0.3 is 0 Å². The van der Waals surface area contributed by atoms with Crippen LogP contribution >= 0.6 is 0 Å². The molecule has 0 fully saturated rings. The molecule has 0 atom stereocenters. The third kappa shape index (κ3) is 4.60. The predicted octanol–water partition coefficient (Wildman–Crippen LogP) is 3.25. The van der Waals surface area contributed by atoms with Crippen LogP contribution in [0.25, 0.3) is 10.9 Å². The monoisotopic (exact) mass is 287 g/mol. The highest BCUT2D eigenvalue weighted by atomic mass is 16.1. The maximum absolute atomic E-state index is 11.1. The van der Waals surface area contributed by atoms with Gasteiger partial charge in [-0.15, -0.1) is 0 Å². The molecular weight excluding hydrogens is 262 g/mol. The summed E-state index contributed by atoms with van der Waals surface area (Å²) in [4.78, 5) is 14.4. The summed E-state index contributed by atoms with van der Waals surface area (Å²) < 4.78 is 0. The average Bonchev–Trinajstić information content (AvgIpc) is 2.93. The molecule has 1 heterocycles. The highest BCUT2D eigenvalue weighted by molar-refractivity contribution is 5.83. The van der Waals surface area contributed by atoms with Gasteiger partial charge < -0.3 is 4.98 Å². The summed E-state index contributed by atoms with van der Waals surface area (Å²) in [5.74, 6) is 0. The van der Waals surface area contributed by atoms with Crippen LogP contribution in [-0.2, 0) is 11.2 Å². The fourth-order valence-electron chi connectivity index (χ4n) is 2.52. The zero-order valence-corrected chi connectivity index (χ0v) is 12.8. The molecule has 1 aromatic carbocycles. The number of unbranched alkanes of at least 4 members (excludes halogenated alkanes) is 3. The molecule has 0 unspecified atom stereocenters. The van der Waals surface area contributed by atoms with Crippen LogP contribution in [0.1, 0.15) is 38.2 Å². The second kappa shape index (κ2) is 8.47. The first-order valence-corrected chi connectivity index (χ1v) is 7.85. The van der Waals surface area contributed by atoms with E-state index in [-0.39, 0.29) is 0 Å². The summed E-state index contributed by atoms with van der Waals surface area (Å²) in [6.45, 7) is 3.76. The minimum absolute atomic E-state index is 0.694. The number of carbonyl (C=O) groups excluding carboxylic acids is 1. The molecule has 0 aliphatic rings. The molecule has 0 saturated carbocycles. The average molecular weight is 287 g/mol. The highest BCUT2D eigenvalue weighted by Gasteiger charge is 2.05. The van der Waals surface area contributed by atoms with E-state index in [0.717, 1.165) is 31.3 Å². The maximum atomic E-state index is 11.1. The zero-order chi connectivity index (χ0) is 14.9. The van der Waals surface area contributed by atoms with Crippen molar-refractivity contribution in [3.63, 3.8) is 0 Å². The van der Waals surface area contributed by atoms with Gasteiger partial charge in [-0.05, 0) is 24.5 Å². The SMILES string of the molecule is CCCCCCNN(C=O)CCc1c[nH]c2ccccc12. The van der Waals surface area contributed by atoms with Crippen molar-refractivity contribution in [1.29, 1.82) is 0 Å². The van der Waals surface area contributed by atoms with Gasteiger partial charge in [0.2, 0.25) is 6.41 Å². The number of nitrogens with one attached hydrogen (secondary N) is 2. The smallest absolute Gasteiger partial charge is 0.223 e. The Labute approximate surface area is 126 Å². The molecule has 0 aliphatic carbocycles. The topological polar surface area (TPSA) is 48.1 Å². The van der Waals surface area contributed by atoms with E-state index in [1.54, 1.807) is 5.01 Å². The second-order valence-electron chi connectivity index (χ2n) is 5.38. The lowest BCUT2D eigenvalue weighted by Gasteiger charge is -2.18. The number of aromatic amines is 1. The quantitative estimate of drug-likeness (QED) is 0.400. The highest BCUT2D eigenvalue weighted by Crippen LogP contribution is 2.17. The van der Waals surface area contributed by atoms with Crippen molar-refractivity contribution in [3.05, 3.63) is 36.0 Å². The molecule has 2 rings (SSSR count). The lowest BCUT2D eigenvalue weighted by atomic mass is 10.1. The lowest BCUT2D eigenvalue weighted by Crippen LogP contribution is -2.38. The Morgan fingerprint density at radius 2 is 2.10 bits per heavy atom. The van der Waals surface area contributed by atoms with Crippen LogP contribution in [0, 0.1) is 0 Å². The van der Waals surface area contributed by atoms with Crippen LogP contribution < -0.4 is 5.43 Å². The van der Waals surface area contributed by atoms with Gasteiger partial charge in [0.1, 0.15) is 0 Å². The van der Waals surface area contributed by atoms with Crippen molar-refractivity contribution < 1.29 is 4.79 Å². The van der Waals surface area contributed by atoms with Crippen molar-refractivity contribution in [2.24, 2.45) is 0 Å². The third-order valence-corrected chi connectivity index (χ3v) is 3.77. The number of benzene rings is 1. The molecule has 1 amide bonds. The predicted molar refractivity (Wildman–Crippen MR) is 86.9 cm³/mol. The van der Waals surface area contributed by atoms with E-state index < -0.39 is 0 Å². The first-order chi connectivity index (χ1) is 10.3. The number of hydrazine groups is 1. The fourth-order valence-corrected chi connectivity index (χ4v) is 2.52. The Morgan fingerprint density at radius 3 is 2.90 bits per heavy atom. The van der Waals surface area contributed by atoms with Crippen LogP contribution in [0.2, 0.25) is 0 Å². The lowest BCUT2D eigenvalue weighted by molar-refractivity contribution is -0.120. The largest absolute Gasteiger partial charge is 0.361 e. The molecule has 0 aliphatic heterocycles. The van der Waals surface area contributed by atoms with Crippen molar-refractivity contribution in [3.8, 4) is 0 Å². The van der Waals surface area contributed by atoms with Crippen LogP contribution in [-0.4, -0.2) is 29.5 Å². The molecule has 0 saturated heterocycles. The van der Waals surface area contributed by atoms with E-state index in [1.807, 2.05) is 18.3 Å². The van der Waals surface area contributed by atoms with Crippen LogP contribution in [0.4, 0.5) is 0 Å². The Hall–Kier alpha value is -1.81. The van der Waals surface area contributed by atoms with Gasteiger partial charge in [0.05, 0.1) is 0 Å². The summed E-state index contributed by atoms with van der Waals surface area (Å²) >= 11 is 0. The second-order valence-corrected chi connectivity index (χ2v) is 5.38. The van der Waals surface area contributed by atoms with Gasteiger partial charge in [-0.25, -0.2) is 5.43 Å². The minimum Gasteiger partial charge on any atom is -0.361 e. The normalized spacial score (nSPS) is 10.9. The molecule has 0 radical (unpaired) electrons. The van der Waals surface area contributed by atoms with E-state index in [2.05, 4.69) is 29.5 Å². The number of H-pyrrole nitrogens is 1. The van der Waals surface area contributed by atoms with E-state index in [0.29, 0.717) is 6.54 Å². The molecule has 2 N–H and O–H groups in total. The Bertz CT molecular complexity index is 550. The van der Waals surface area contributed by atoms with E-state index in [9.17, 15) is 4.79 Å². The van der Waals surface area contributed by atoms with Crippen LogP contribution in [0.5, 0.6) is 0 Å². The Morgan fingerprint density at radius 1 is 1.24 bits per heavy atom. The van der Waals surface area contributed by atoms with Gasteiger partial charge in [-0.3, -0.25) is 9.80 Å². The summed E-state index contributed by atoms with van der Waals surface area (Å²) in [5, 5.41) is 2.90. The first kappa shape index (κ1) is 15.6. The van der Waals surface area contributed by atoms with Crippen LogP contribution in [0.15, 0.2) is 30.5 Å². The molecule has 21 heavy (non-hydrogen) atoms. The van der Waals surface area contributed by atoms with E-state index in [1.165, 1.54) is 30.2 Å². The summed E-state index contributed by atoms with van der Waals surface area (Å²) in [6.07, 6.45) is 8.61. The summed E-state index contributed by atoms with van der Waals surface area (Å²) in [5.41, 5.74) is 5.60. The van der Waals surface area contributed by atoms with Gasteiger partial charge in [-0.2, -0.15) is 0 Å². The number of amides is 1. The molecule has 2 aromatic rings.